The fourth-order valence-electron chi connectivity index (χ4n) is 1.79. The summed E-state index contributed by atoms with van der Waals surface area (Å²) in [6, 6.07) is 3.93. The van der Waals surface area contributed by atoms with E-state index in [0.717, 1.165) is 24.2 Å². The summed E-state index contributed by atoms with van der Waals surface area (Å²) >= 11 is 0. The summed E-state index contributed by atoms with van der Waals surface area (Å²) in [6.45, 7) is 1.56. The third-order valence-electron chi connectivity index (χ3n) is 2.58. The van der Waals surface area contributed by atoms with Gasteiger partial charge in [0.2, 0.25) is 5.91 Å². The summed E-state index contributed by atoms with van der Waals surface area (Å²) < 4.78 is 4.84. The van der Waals surface area contributed by atoms with Crippen molar-refractivity contribution in [2.45, 2.75) is 13.0 Å². The lowest BCUT2D eigenvalue weighted by atomic mass is 10.1. The molecule has 0 saturated carbocycles. The van der Waals surface area contributed by atoms with Gasteiger partial charge in [-0.2, -0.15) is 0 Å². The van der Waals surface area contributed by atoms with Gasteiger partial charge in [0.25, 0.3) is 0 Å². The number of nitrogens with zero attached hydrogens (tertiary/aromatic N) is 2. The number of methoxy groups -OCH3 is 1. The Morgan fingerprint density at radius 3 is 3.33 bits per heavy atom. The summed E-state index contributed by atoms with van der Waals surface area (Å²) in [7, 11) is 1.54. The Morgan fingerprint density at radius 1 is 1.67 bits per heavy atom. The average Bonchev–Trinajstić information content (AvgIpc) is 2.29. The summed E-state index contributed by atoms with van der Waals surface area (Å²) in [4.78, 5) is 17.7. The van der Waals surface area contributed by atoms with Gasteiger partial charge in [0.15, 0.2) is 0 Å². The Kier molecular flexibility index (Phi) is 2.97. The quantitative estimate of drug-likeness (QED) is 0.712. The minimum atomic E-state index is 0.0482. The number of rotatable bonds is 2. The first kappa shape index (κ1) is 10.1. The first-order valence-electron chi connectivity index (χ1n) is 5.00. The van der Waals surface area contributed by atoms with Crippen LogP contribution in [-0.4, -0.2) is 36.1 Å². The largest absolute Gasteiger partial charge is 0.375 e. The molecule has 0 atom stereocenters. The van der Waals surface area contributed by atoms with Crippen molar-refractivity contribution in [3.8, 4) is 0 Å². The fraction of sp³-hybridized carbons (Fsp3) is 0.455. The van der Waals surface area contributed by atoms with Gasteiger partial charge in [-0.1, -0.05) is 6.07 Å². The Labute approximate surface area is 88.9 Å². The zero-order valence-corrected chi connectivity index (χ0v) is 8.77. The zero-order chi connectivity index (χ0) is 10.7. The van der Waals surface area contributed by atoms with E-state index in [1.807, 2.05) is 17.0 Å². The molecule has 1 aliphatic heterocycles. The number of hydrogen-bond donors (Lipinski definition) is 0. The summed E-state index contributed by atoms with van der Waals surface area (Å²) in [5.74, 6) is 0.0482. The molecule has 0 N–H and O–H groups in total. The van der Waals surface area contributed by atoms with Crippen LogP contribution in [0, 0.1) is 0 Å². The lowest BCUT2D eigenvalue weighted by molar-refractivity contribution is -0.136. The smallest absolute Gasteiger partial charge is 0.248 e. The molecule has 0 spiro atoms. The highest BCUT2D eigenvalue weighted by Gasteiger charge is 2.20. The zero-order valence-electron chi connectivity index (χ0n) is 8.77. The maximum Gasteiger partial charge on any atom is 0.248 e. The van der Waals surface area contributed by atoms with E-state index in [2.05, 4.69) is 4.98 Å². The van der Waals surface area contributed by atoms with E-state index in [0.29, 0.717) is 6.54 Å². The van der Waals surface area contributed by atoms with E-state index >= 15 is 0 Å². The highest BCUT2D eigenvalue weighted by Crippen LogP contribution is 2.16. The molecule has 1 amide bonds. The van der Waals surface area contributed by atoms with Gasteiger partial charge in [-0.25, -0.2) is 0 Å². The van der Waals surface area contributed by atoms with Gasteiger partial charge in [-0.05, 0) is 11.6 Å². The molecule has 1 aromatic heterocycles. The van der Waals surface area contributed by atoms with Gasteiger partial charge in [0.05, 0.1) is 0 Å². The van der Waals surface area contributed by atoms with Crippen molar-refractivity contribution in [1.29, 1.82) is 0 Å². The van der Waals surface area contributed by atoms with Crippen LogP contribution >= 0.6 is 0 Å². The van der Waals surface area contributed by atoms with E-state index in [1.165, 1.54) is 7.11 Å². The monoisotopic (exact) mass is 206 g/mol. The van der Waals surface area contributed by atoms with E-state index in [1.54, 1.807) is 6.20 Å². The Morgan fingerprint density at radius 2 is 2.53 bits per heavy atom. The van der Waals surface area contributed by atoms with E-state index in [4.69, 9.17) is 4.74 Å². The molecule has 0 saturated heterocycles. The van der Waals surface area contributed by atoms with Crippen LogP contribution in [-0.2, 0) is 22.5 Å². The normalized spacial score (nSPS) is 14.9. The van der Waals surface area contributed by atoms with Crippen molar-refractivity contribution in [1.82, 2.24) is 9.88 Å². The lowest BCUT2D eigenvalue weighted by Gasteiger charge is -2.27. The van der Waals surface area contributed by atoms with Gasteiger partial charge in [0, 0.05) is 38.5 Å². The molecule has 0 radical (unpaired) electrons. The summed E-state index contributed by atoms with van der Waals surface area (Å²) in [5, 5.41) is 0. The number of ether oxygens (including phenoxy) is 1. The Bertz CT molecular complexity index is 365. The van der Waals surface area contributed by atoms with Crippen LogP contribution in [0.25, 0.3) is 0 Å². The predicted octanol–water partition coefficient (Wildman–Crippen LogP) is 0.613. The number of amides is 1. The summed E-state index contributed by atoms with van der Waals surface area (Å²) in [5.41, 5.74) is 2.26. The van der Waals surface area contributed by atoms with Crippen LogP contribution in [0.4, 0.5) is 0 Å². The van der Waals surface area contributed by atoms with Crippen molar-refractivity contribution in [3.05, 3.63) is 29.6 Å². The van der Waals surface area contributed by atoms with Crippen LogP contribution < -0.4 is 0 Å². The van der Waals surface area contributed by atoms with Gasteiger partial charge >= 0.3 is 0 Å². The molecule has 0 aliphatic carbocycles. The molecule has 2 rings (SSSR count). The van der Waals surface area contributed by atoms with Gasteiger partial charge < -0.3 is 9.64 Å². The molecule has 1 aliphatic rings. The molecule has 80 valence electrons. The molecule has 0 aromatic carbocycles. The number of carbonyl (C=O) groups is 1. The minimum absolute atomic E-state index is 0.0482. The van der Waals surface area contributed by atoms with Gasteiger partial charge in [0.1, 0.15) is 6.61 Å². The van der Waals surface area contributed by atoms with E-state index in [9.17, 15) is 4.79 Å². The van der Waals surface area contributed by atoms with E-state index in [-0.39, 0.29) is 12.5 Å². The highest BCUT2D eigenvalue weighted by atomic mass is 16.5. The first-order chi connectivity index (χ1) is 7.31. The Balaban J connectivity index is 2.08. The maximum absolute atomic E-state index is 11.6. The molecule has 15 heavy (non-hydrogen) atoms. The number of carbonyl (C=O) groups excluding carboxylic acids is 1. The molecule has 1 aromatic rings. The second-order valence-electron chi connectivity index (χ2n) is 3.61. The lowest BCUT2D eigenvalue weighted by Crippen LogP contribution is -2.38. The number of aromatic nitrogens is 1. The van der Waals surface area contributed by atoms with Crippen molar-refractivity contribution < 1.29 is 9.53 Å². The van der Waals surface area contributed by atoms with Crippen molar-refractivity contribution >= 4 is 5.91 Å². The maximum atomic E-state index is 11.6. The summed E-state index contributed by atoms with van der Waals surface area (Å²) in [6.07, 6.45) is 2.64. The van der Waals surface area contributed by atoms with Crippen molar-refractivity contribution in [2.24, 2.45) is 0 Å². The highest BCUT2D eigenvalue weighted by molar-refractivity contribution is 5.77. The molecule has 0 fully saturated rings. The van der Waals surface area contributed by atoms with E-state index < -0.39 is 0 Å². The average molecular weight is 206 g/mol. The molecule has 4 nitrogen and oxygen atoms in total. The van der Waals surface area contributed by atoms with Crippen molar-refractivity contribution in [3.63, 3.8) is 0 Å². The van der Waals surface area contributed by atoms with Crippen LogP contribution in [0.3, 0.4) is 0 Å². The number of hydrogen-bond acceptors (Lipinski definition) is 3. The molecule has 0 bridgehead atoms. The number of fused-ring (bicyclic) bond motifs is 1. The topological polar surface area (TPSA) is 42.4 Å². The molecular weight excluding hydrogens is 192 g/mol. The fourth-order valence-corrected chi connectivity index (χ4v) is 1.79. The van der Waals surface area contributed by atoms with Crippen molar-refractivity contribution in [2.75, 3.05) is 20.3 Å². The van der Waals surface area contributed by atoms with Crippen LogP contribution in [0.5, 0.6) is 0 Å². The first-order valence-corrected chi connectivity index (χ1v) is 5.00. The van der Waals surface area contributed by atoms with Crippen LogP contribution in [0.1, 0.15) is 11.3 Å². The van der Waals surface area contributed by atoms with Crippen LogP contribution in [0.2, 0.25) is 0 Å². The van der Waals surface area contributed by atoms with Gasteiger partial charge in [-0.15, -0.1) is 0 Å². The molecule has 2 heterocycles. The molecule has 0 unspecified atom stereocenters. The minimum Gasteiger partial charge on any atom is -0.375 e. The SMILES string of the molecule is COCC(=O)N1CCc2ncccc2C1. The van der Waals surface area contributed by atoms with Crippen LogP contribution in [0.15, 0.2) is 18.3 Å². The van der Waals surface area contributed by atoms with Gasteiger partial charge in [-0.3, -0.25) is 9.78 Å². The second-order valence-corrected chi connectivity index (χ2v) is 3.61. The predicted molar refractivity (Wildman–Crippen MR) is 55.2 cm³/mol. The number of pyridine rings is 1. The Hall–Kier alpha value is -1.42. The third kappa shape index (κ3) is 2.15. The second kappa shape index (κ2) is 4.40. The third-order valence-corrected chi connectivity index (χ3v) is 2.58. The standard InChI is InChI=1S/C11H14N2O2/c1-15-8-11(14)13-6-4-10-9(7-13)3-2-5-12-10/h2-3,5H,4,6-8H2,1H3. The molecular formula is C11H14N2O2. The molecule has 4 heteroatoms.